The molecule has 1 unspecified atom stereocenters. The molecule has 1 aliphatic rings. The summed E-state index contributed by atoms with van der Waals surface area (Å²) in [6.07, 6.45) is 0. The summed E-state index contributed by atoms with van der Waals surface area (Å²) in [4.78, 5) is 26.8. The number of nitriles is 1. The quantitative estimate of drug-likeness (QED) is 0.663. The van der Waals surface area contributed by atoms with Crippen LogP contribution < -0.4 is 10.2 Å². The maximum atomic E-state index is 12.9. The van der Waals surface area contributed by atoms with Crippen molar-refractivity contribution in [1.82, 2.24) is 20.2 Å². The van der Waals surface area contributed by atoms with Crippen molar-refractivity contribution in [2.75, 3.05) is 38.1 Å². The van der Waals surface area contributed by atoms with Gasteiger partial charge in [-0.1, -0.05) is 56.3 Å². The molecule has 4 rings (SSSR count). The van der Waals surface area contributed by atoms with E-state index in [1.807, 2.05) is 68.4 Å². The second-order valence-corrected chi connectivity index (χ2v) is 7.48. The lowest BCUT2D eigenvalue weighted by Crippen LogP contribution is -2.45. The van der Waals surface area contributed by atoms with Crippen LogP contribution in [0.3, 0.4) is 0 Å². The van der Waals surface area contributed by atoms with Gasteiger partial charge in [-0.3, -0.25) is 4.79 Å². The minimum atomic E-state index is -1.03. The van der Waals surface area contributed by atoms with Crippen molar-refractivity contribution in [3.63, 3.8) is 0 Å². The Hall–Kier alpha value is -3.50. The number of likely N-dealkylation sites (N-methyl/N-ethyl adjacent to an activating group) is 1. The molecule has 1 saturated heterocycles. The number of carbonyl (C=O) groups excluding carboxylic acids is 1. The van der Waals surface area contributed by atoms with E-state index in [9.17, 15) is 10.1 Å². The Morgan fingerprint density at radius 2 is 1.62 bits per heavy atom. The van der Waals surface area contributed by atoms with Crippen LogP contribution in [-0.4, -0.2) is 54.0 Å². The van der Waals surface area contributed by atoms with Crippen molar-refractivity contribution in [1.29, 1.82) is 5.26 Å². The molecule has 32 heavy (non-hydrogen) atoms. The van der Waals surface area contributed by atoms with Crippen molar-refractivity contribution in [2.24, 2.45) is 0 Å². The van der Waals surface area contributed by atoms with Crippen molar-refractivity contribution < 1.29 is 6.22 Å². The molecular weight excluding hydrogens is 400 g/mol. The summed E-state index contributed by atoms with van der Waals surface area (Å²) < 4.78 is 0. The first kappa shape index (κ1) is 23.2. The number of rotatable bonds is 5. The lowest BCUT2D eigenvalue weighted by atomic mass is 10.0. The first-order chi connectivity index (χ1) is 15.7. The van der Waals surface area contributed by atoms with Crippen LogP contribution in [0.2, 0.25) is 0 Å². The van der Waals surface area contributed by atoms with E-state index in [4.69, 9.17) is 9.97 Å². The van der Waals surface area contributed by atoms with E-state index in [2.05, 4.69) is 28.2 Å². The van der Waals surface area contributed by atoms with Crippen LogP contribution in [0.5, 0.6) is 0 Å². The summed E-state index contributed by atoms with van der Waals surface area (Å²) in [7, 11) is 2.08. The molecular formula is C25H32N6O. The molecule has 0 saturated carbocycles. The number of fused-ring (bicyclic) bond motifs is 1. The highest BCUT2D eigenvalue weighted by Gasteiger charge is 2.29. The Morgan fingerprint density at radius 3 is 2.25 bits per heavy atom. The van der Waals surface area contributed by atoms with Gasteiger partial charge < -0.3 is 15.1 Å². The summed E-state index contributed by atoms with van der Waals surface area (Å²) in [6, 6.07) is 19.4. The first-order valence-electron chi connectivity index (χ1n) is 11.1. The molecule has 0 aliphatic carbocycles. The van der Waals surface area contributed by atoms with Gasteiger partial charge in [0, 0.05) is 34.2 Å². The molecule has 2 aromatic carbocycles. The summed E-state index contributed by atoms with van der Waals surface area (Å²) >= 11 is 0. The molecule has 0 radical (unpaired) electrons. The zero-order valence-electron chi connectivity index (χ0n) is 19.0. The van der Waals surface area contributed by atoms with Gasteiger partial charge in [-0.05, 0) is 24.7 Å². The van der Waals surface area contributed by atoms with E-state index >= 15 is 0 Å². The Bertz CT molecular complexity index is 1080. The van der Waals surface area contributed by atoms with Crippen LogP contribution in [0.4, 0.5) is 5.82 Å². The van der Waals surface area contributed by atoms with E-state index in [1.165, 1.54) is 0 Å². The number of anilines is 1. The fourth-order valence-electron chi connectivity index (χ4n) is 3.58. The molecule has 7 nitrogen and oxygen atoms in total. The molecule has 1 atom stereocenters. The monoisotopic (exact) mass is 432 g/mol. The normalized spacial score (nSPS) is 14.8. The predicted molar refractivity (Wildman–Crippen MR) is 129 cm³/mol. The number of amides is 1. The summed E-state index contributed by atoms with van der Waals surface area (Å²) in [5.74, 6) is -0.759. The van der Waals surface area contributed by atoms with E-state index < -0.39 is 5.92 Å². The molecule has 3 aromatic rings. The fourth-order valence-corrected chi connectivity index (χ4v) is 3.58. The Labute approximate surface area is 191 Å². The Morgan fingerprint density at radius 1 is 1.03 bits per heavy atom. The molecule has 2 heterocycles. The lowest BCUT2D eigenvalue weighted by molar-refractivity contribution is -0.121. The number of para-hydroxylation sites is 2. The van der Waals surface area contributed by atoms with Gasteiger partial charge in [0.05, 0.1) is 17.1 Å². The van der Waals surface area contributed by atoms with Gasteiger partial charge in [-0.15, -0.1) is 0 Å². The smallest absolute Gasteiger partial charge is 0.243 e. The number of carbonyl (C=O) groups is 1. The van der Waals surface area contributed by atoms with Crippen LogP contribution in [-0.2, 0) is 11.3 Å². The third-order valence-electron chi connectivity index (χ3n) is 5.36. The van der Waals surface area contributed by atoms with Crippen LogP contribution in [0.15, 0.2) is 54.6 Å². The number of nitrogens with zero attached hydrogens (tertiary/aromatic N) is 5. The number of piperazine rings is 1. The molecule has 1 aromatic heterocycles. The molecule has 1 fully saturated rings. The first-order valence-corrected chi connectivity index (χ1v) is 11.1. The van der Waals surface area contributed by atoms with Crippen molar-refractivity contribution >= 4 is 22.8 Å². The van der Waals surface area contributed by atoms with Gasteiger partial charge >= 0.3 is 0 Å². The van der Waals surface area contributed by atoms with E-state index in [0.717, 1.165) is 37.3 Å². The van der Waals surface area contributed by atoms with Crippen molar-refractivity contribution in [3.8, 4) is 6.07 Å². The SMILES string of the molecule is CC.CN1CCN(c2nc3ccccc3nc2C(C#N)C(=O)NCc2ccccc2)CC1.[HH]. The third-order valence-corrected chi connectivity index (χ3v) is 5.36. The maximum absolute atomic E-state index is 12.9. The molecule has 1 amide bonds. The summed E-state index contributed by atoms with van der Waals surface area (Å²) in [5, 5.41) is 12.8. The number of hydrogen-bond donors (Lipinski definition) is 1. The van der Waals surface area contributed by atoms with E-state index in [-0.39, 0.29) is 7.33 Å². The molecule has 7 heteroatoms. The second kappa shape index (κ2) is 11.2. The van der Waals surface area contributed by atoms with Gasteiger partial charge in [0.25, 0.3) is 0 Å². The van der Waals surface area contributed by atoms with Crippen LogP contribution in [0.25, 0.3) is 11.0 Å². The van der Waals surface area contributed by atoms with Crippen molar-refractivity contribution in [3.05, 3.63) is 65.9 Å². The van der Waals surface area contributed by atoms with E-state index in [1.54, 1.807) is 0 Å². The number of aromatic nitrogens is 2. The highest BCUT2D eigenvalue weighted by atomic mass is 16.1. The zero-order chi connectivity index (χ0) is 22.9. The summed E-state index contributed by atoms with van der Waals surface area (Å²) in [5.41, 5.74) is 2.84. The largest absolute Gasteiger partial charge is 0.352 e. The number of hydrogen-bond acceptors (Lipinski definition) is 6. The number of nitrogens with one attached hydrogen (secondary N) is 1. The lowest BCUT2D eigenvalue weighted by Gasteiger charge is -2.34. The number of benzene rings is 2. The fraction of sp³-hybridized carbons (Fsp3) is 0.360. The molecule has 1 aliphatic heterocycles. The molecule has 168 valence electrons. The molecule has 1 N–H and O–H groups in total. The standard InChI is InChI=1S/C23H24N6O.C2H6.H2/c1-28-11-13-29(14-12-28)22-21(26-19-9-5-6-10-20(19)27-22)18(15-24)23(30)25-16-17-7-3-2-4-8-17;1-2;/h2-10,18H,11-14,16H2,1H3,(H,25,30);1-2H3;1H. The maximum Gasteiger partial charge on any atom is 0.243 e. The van der Waals surface area contributed by atoms with Gasteiger partial charge in [0.15, 0.2) is 11.7 Å². The van der Waals surface area contributed by atoms with Crippen LogP contribution in [0, 0.1) is 11.3 Å². The third kappa shape index (κ3) is 5.40. The summed E-state index contributed by atoms with van der Waals surface area (Å²) in [6.45, 7) is 7.71. The second-order valence-electron chi connectivity index (χ2n) is 7.48. The topological polar surface area (TPSA) is 85.2 Å². The average Bonchev–Trinajstić information content (AvgIpc) is 2.85. The Kier molecular flexibility index (Phi) is 8.12. The van der Waals surface area contributed by atoms with Crippen molar-refractivity contribution in [2.45, 2.75) is 26.3 Å². The Balaban J connectivity index is 0.00000125. The predicted octanol–water partition coefficient (Wildman–Crippen LogP) is 3.58. The minimum Gasteiger partial charge on any atom is -0.352 e. The highest BCUT2D eigenvalue weighted by molar-refractivity contribution is 5.88. The van der Waals surface area contributed by atoms with Gasteiger partial charge in [0.2, 0.25) is 5.91 Å². The molecule has 0 bridgehead atoms. The highest BCUT2D eigenvalue weighted by Crippen LogP contribution is 2.28. The average molecular weight is 433 g/mol. The van der Waals surface area contributed by atoms with Gasteiger partial charge in [-0.25, -0.2) is 9.97 Å². The van der Waals surface area contributed by atoms with Crippen LogP contribution >= 0.6 is 0 Å². The van der Waals surface area contributed by atoms with Gasteiger partial charge in [0.1, 0.15) is 5.69 Å². The van der Waals surface area contributed by atoms with Crippen LogP contribution in [0.1, 0.15) is 32.4 Å². The minimum absolute atomic E-state index is 0. The zero-order valence-corrected chi connectivity index (χ0v) is 19.0. The van der Waals surface area contributed by atoms with E-state index in [0.29, 0.717) is 23.6 Å². The molecule has 0 spiro atoms. The van der Waals surface area contributed by atoms with Gasteiger partial charge in [-0.2, -0.15) is 5.26 Å².